The highest BCUT2D eigenvalue weighted by molar-refractivity contribution is 9.10. The van der Waals surface area contributed by atoms with E-state index in [0.717, 1.165) is 23.4 Å². The Hall–Kier alpha value is -0.610. The molecule has 3 nitrogen and oxygen atoms in total. The first-order chi connectivity index (χ1) is 7.33. The Kier molecular flexibility index (Phi) is 2.41. The van der Waals surface area contributed by atoms with Gasteiger partial charge in [0.1, 0.15) is 6.10 Å². The molecule has 1 aromatic heterocycles. The minimum absolute atomic E-state index is 0.389. The van der Waals surface area contributed by atoms with Crippen LogP contribution in [0.2, 0.25) is 0 Å². The van der Waals surface area contributed by atoms with Crippen LogP contribution in [0, 0.1) is 11.8 Å². The van der Waals surface area contributed by atoms with Gasteiger partial charge in [-0.3, -0.25) is 0 Å². The maximum atomic E-state index is 5.90. The van der Waals surface area contributed by atoms with Crippen molar-refractivity contribution in [2.24, 2.45) is 11.8 Å². The summed E-state index contributed by atoms with van der Waals surface area (Å²) >= 11 is 3.36. The van der Waals surface area contributed by atoms with Gasteiger partial charge in [-0.05, 0) is 28.4 Å². The number of nitrogens with one attached hydrogen (secondary N) is 1. The van der Waals surface area contributed by atoms with Crippen LogP contribution >= 0.6 is 15.9 Å². The van der Waals surface area contributed by atoms with Gasteiger partial charge >= 0.3 is 0 Å². The molecule has 2 aliphatic rings. The van der Waals surface area contributed by atoms with Crippen molar-refractivity contribution in [3.05, 3.63) is 22.8 Å². The van der Waals surface area contributed by atoms with E-state index in [-0.39, 0.29) is 0 Å². The van der Waals surface area contributed by atoms with Crippen molar-refractivity contribution in [2.45, 2.75) is 12.5 Å². The fourth-order valence-corrected chi connectivity index (χ4v) is 2.70. The Balaban J connectivity index is 1.68. The third-order valence-corrected chi connectivity index (χ3v) is 3.77. The molecule has 3 atom stereocenters. The summed E-state index contributed by atoms with van der Waals surface area (Å²) in [6.45, 7) is 2.19. The van der Waals surface area contributed by atoms with E-state index in [0.29, 0.717) is 17.9 Å². The van der Waals surface area contributed by atoms with Crippen molar-refractivity contribution in [3.8, 4) is 5.88 Å². The molecule has 0 amide bonds. The molecule has 4 heteroatoms. The van der Waals surface area contributed by atoms with Crippen LogP contribution in [0.1, 0.15) is 6.42 Å². The average Bonchev–Trinajstić information content (AvgIpc) is 2.29. The largest absolute Gasteiger partial charge is 0.474 e. The third-order valence-electron chi connectivity index (χ3n) is 3.30. The number of nitrogens with zero attached hydrogens (tertiary/aromatic N) is 1. The molecule has 80 valence electrons. The van der Waals surface area contributed by atoms with E-state index in [4.69, 9.17) is 4.74 Å². The van der Waals surface area contributed by atoms with Gasteiger partial charge in [-0.1, -0.05) is 0 Å². The zero-order valence-electron chi connectivity index (χ0n) is 8.32. The Morgan fingerprint density at radius 3 is 2.73 bits per heavy atom. The van der Waals surface area contributed by atoms with Gasteiger partial charge in [-0.15, -0.1) is 0 Å². The van der Waals surface area contributed by atoms with Gasteiger partial charge in [0.25, 0.3) is 0 Å². The van der Waals surface area contributed by atoms with Crippen molar-refractivity contribution in [2.75, 3.05) is 13.1 Å². The van der Waals surface area contributed by atoms with Crippen molar-refractivity contribution in [1.82, 2.24) is 10.3 Å². The monoisotopic (exact) mass is 268 g/mol. The molecule has 15 heavy (non-hydrogen) atoms. The second-order valence-corrected chi connectivity index (χ2v) is 5.23. The summed E-state index contributed by atoms with van der Waals surface area (Å²) in [6, 6.07) is 3.89. The highest BCUT2D eigenvalue weighted by Gasteiger charge is 2.45. The van der Waals surface area contributed by atoms with E-state index in [1.807, 2.05) is 12.1 Å². The number of pyridine rings is 1. The minimum Gasteiger partial charge on any atom is -0.474 e. The van der Waals surface area contributed by atoms with Gasteiger partial charge in [-0.25, -0.2) is 4.98 Å². The van der Waals surface area contributed by atoms with Crippen LogP contribution in [0.5, 0.6) is 5.88 Å². The molecule has 2 bridgehead atoms. The molecule has 0 radical (unpaired) electrons. The summed E-state index contributed by atoms with van der Waals surface area (Å²) in [5.41, 5.74) is 0. The van der Waals surface area contributed by atoms with Gasteiger partial charge in [0.2, 0.25) is 5.88 Å². The Morgan fingerprint density at radius 2 is 2.13 bits per heavy atom. The summed E-state index contributed by atoms with van der Waals surface area (Å²) in [6.07, 6.45) is 3.48. The number of hydrogen-bond acceptors (Lipinski definition) is 3. The molecule has 3 rings (SSSR count). The molecule has 1 aliphatic heterocycles. The van der Waals surface area contributed by atoms with E-state index < -0.39 is 0 Å². The minimum atomic E-state index is 0.389. The molecule has 2 fully saturated rings. The number of halogens is 1. The fraction of sp³-hybridized carbons (Fsp3) is 0.545. The van der Waals surface area contributed by atoms with Crippen LogP contribution in [-0.4, -0.2) is 24.2 Å². The standard InChI is InChI=1S/C11H13BrN2O/c12-9-1-2-10(14-6-9)15-11-7-3-8(11)5-13-4-7/h1-2,6-8,11,13H,3-5H2/t7-,8+,11?. The van der Waals surface area contributed by atoms with Crippen molar-refractivity contribution >= 4 is 15.9 Å². The molecular weight excluding hydrogens is 256 g/mol. The van der Waals surface area contributed by atoms with Crippen molar-refractivity contribution in [1.29, 1.82) is 0 Å². The number of ether oxygens (including phenoxy) is 1. The number of hydrogen-bond donors (Lipinski definition) is 1. The van der Waals surface area contributed by atoms with Crippen LogP contribution in [0.25, 0.3) is 0 Å². The lowest BCUT2D eigenvalue weighted by Gasteiger charge is -2.48. The van der Waals surface area contributed by atoms with Gasteiger partial charge in [-0.2, -0.15) is 0 Å². The first-order valence-electron chi connectivity index (χ1n) is 5.32. The average molecular weight is 269 g/mol. The van der Waals surface area contributed by atoms with Crippen LogP contribution in [0.3, 0.4) is 0 Å². The van der Waals surface area contributed by atoms with E-state index in [1.54, 1.807) is 6.20 Å². The molecule has 0 aromatic carbocycles. The van der Waals surface area contributed by atoms with Gasteiger partial charge < -0.3 is 10.1 Å². The second kappa shape index (κ2) is 3.76. The predicted molar refractivity (Wildman–Crippen MR) is 60.8 cm³/mol. The van der Waals surface area contributed by atoms with E-state index in [9.17, 15) is 0 Å². The molecule has 0 spiro atoms. The van der Waals surface area contributed by atoms with Crippen LogP contribution in [-0.2, 0) is 0 Å². The van der Waals surface area contributed by atoms with Gasteiger partial charge in [0.05, 0.1) is 0 Å². The summed E-state index contributed by atoms with van der Waals surface area (Å²) in [5.74, 6) is 2.13. The highest BCUT2D eigenvalue weighted by atomic mass is 79.9. The maximum Gasteiger partial charge on any atom is 0.213 e. The summed E-state index contributed by atoms with van der Waals surface area (Å²) < 4.78 is 6.89. The van der Waals surface area contributed by atoms with Crippen molar-refractivity contribution < 1.29 is 4.74 Å². The molecule has 1 unspecified atom stereocenters. The van der Waals surface area contributed by atoms with Crippen LogP contribution in [0.4, 0.5) is 0 Å². The third kappa shape index (κ3) is 1.76. The number of rotatable bonds is 2. The highest BCUT2D eigenvalue weighted by Crippen LogP contribution is 2.39. The summed E-state index contributed by atoms with van der Waals surface area (Å²) in [5, 5.41) is 3.40. The summed E-state index contributed by atoms with van der Waals surface area (Å²) in [4.78, 5) is 4.24. The topological polar surface area (TPSA) is 34.1 Å². The van der Waals surface area contributed by atoms with E-state index >= 15 is 0 Å². The number of piperidine rings is 2. The fourth-order valence-electron chi connectivity index (χ4n) is 2.46. The molecule has 1 aromatic rings. The molecule has 1 N–H and O–H groups in total. The lowest BCUT2D eigenvalue weighted by molar-refractivity contribution is -0.0470. The first kappa shape index (κ1) is 9.60. The first-order valence-corrected chi connectivity index (χ1v) is 6.11. The van der Waals surface area contributed by atoms with Crippen molar-refractivity contribution in [3.63, 3.8) is 0 Å². The van der Waals surface area contributed by atoms with E-state index in [1.165, 1.54) is 6.42 Å². The number of aromatic nitrogens is 1. The van der Waals surface area contributed by atoms with E-state index in [2.05, 4.69) is 26.2 Å². The maximum absolute atomic E-state index is 5.90. The quantitative estimate of drug-likeness (QED) is 0.889. The Labute approximate surface area is 97.4 Å². The predicted octanol–water partition coefficient (Wildman–Crippen LogP) is 1.83. The normalized spacial score (nSPS) is 33.3. The Morgan fingerprint density at radius 1 is 1.33 bits per heavy atom. The van der Waals surface area contributed by atoms with Crippen LogP contribution < -0.4 is 10.1 Å². The molecule has 1 saturated carbocycles. The molecular formula is C11H13BrN2O. The second-order valence-electron chi connectivity index (χ2n) is 4.31. The molecule has 1 aliphatic carbocycles. The number of fused-ring (bicyclic) bond motifs is 2. The summed E-state index contributed by atoms with van der Waals surface area (Å²) in [7, 11) is 0. The zero-order chi connectivity index (χ0) is 10.3. The van der Waals surface area contributed by atoms with Crippen LogP contribution in [0.15, 0.2) is 22.8 Å². The molecule has 2 heterocycles. The Bertz CT molecular complexity index is 340. The smallest absolute Gasteiger partial charge is 0.213 e. The lowest BCUT2D eigenvalue weighted by Crippen LogP contribution is -2.59. The molecule has 1 saturated heterocycles. The van der Waals surface area contributed by atoms with Gasteiger partial charge in [0.15, 0.2) is 0 Å². The zero-order valence-corrected chi connectivity index (χ0v) is 9.90. The SMILES string of the molecule is Brc1ccc(OC2[C@@H]3CNC[C@H]2C3)nc1. The van der Waals surface area contributed by atoms with Gasteiger partial charge in [0, 0.05) is 41.7 Å². The lowest BCUT2D eigenvalue weighted by atomic mass is 9.69.